The van der Waals surface area contributed by atoms with Crippen LogP contribution >= 0.6 is 7.37 Å². The van der Waals surface area contributed by atoms with E-state index in [4.69, 9.17) is 4.52 Å². The van der Waals surface area contributed by atoms with Crippen LogP contribution in [-0.4, -0.2) is 11.8 Å². The van der Waals surface area contributed by atoms with E-state index in [1.165, 1.54) is 0 Å². The van der Waals surface area contributed by atoms with Gasteiger partial charge in [0.25, 0.3) is 7.37 Å². The molecule has 1 aromatic rings. The number of nitrogens with zero attached hydrogens (tertiary/aromatic N) is 1. The molecule has 0 radical (unpaired) electrons. The summed E-state index contributed by atoms with van der Waals surface area (Å²) in [5.74, 6) is 0. The molecule has 0 spiro atoms. The minimum atomic E-state index is -3.11. The van der Waals surface area contributed by atoms with E-state index < -0.39 is 12.5 Å². The number of nitriles is 1. The molecule has 3 nitrogen and oxygen atoms in total. The van der Waals surface area contributed by atoms with Gasteiger partial charge in [-0.3, -0.25) is 4.57 Å². The van der Waals surface area contributed by atoms with Crippen molar-refractivity contribution >= 4 is 12.7 Å². The smallest absolute Gasteiger partial charge is 0.251 e. The predicted molar refractivity (Wildman–Crippen MR) is 72.1 cm³/mol. The van der Waals surface area contributed by atoms with E-state index in [1.807, 2.05) is 37.3 Å². The number of hydrogen-bond donors (Lipinski definition) is 0. The summed E-state index contributed by atoms with van der Waals surface area (Å²) >= 11 is 0. The van der Waals surface area contributed by atoms with Crippen LogP contribution in [0.5, 0.6) is 0 Å². The van der Waals surface area contributed by atoms with Gasteiger partial charge in [-0.1, -0.05) is 31.0 Å². The van der Waals surface area contributed by atoms with E-state index in [0.717, 1.165) is 12.8 Å². The molecule has 18 heavy (non-hydrogen) atoms. The fourth-order valence-electron chi connectivity index (χ4n) is 2.68. The van der Waals surface area contributed by atoms with Crippen molar-refractivity contribution in [2.45, 2.75) is 37.8 Å². The minimum Gasteiger partial charge on any atom is -0.324 e. The van der Waals surface area contributed by atoms with Crippen LogP contribution in [0.15, 0.2) is 30.3 Å². The van der Waals surface area contributed by atoms with Crippen LogP contribution in [0, 0.1) is 11.3 Å². The summed E-state index contributed by atoms with van der Waals surface area (Å²) < 4.78 is 19.0. The molecule has 0 unspecified atom stereocenters. The highest BCUT2D eigenvalue weighted by molar-refractivity contribution is 7.68. The van der Waals surface area contributed by atoms with Gasteiger partial charge in [0.15, 0.2) is 0 Å². The molecule has 1 saturated carbocycles. The van der Waals surface area contributed by atoms with Crippen LogP contribution in [0.3, 0.4) is 0 Å². The summed E-state index contributed by atoms with van der Waals surface area (Å²) in [5.41, 5.74) is 0. The molecule has 0 bridgehead atoms. The summed E-state index contributed by atoms with van der Waals surface area (Å²) in [6.45, 7) is 2.20. The van der Waals surface area contributed by atoms with Crippen LogP contribution in [0.4, 0.5) is 0 Å². The normalized spacial score (nSPS) is 21.1. The lowest BCUT2D eigenvalue weighted by Crippen LogP contribution is -2.30. The minimum absolute atomic E-state index is 0.371. The van der Waals surface area contributed by atoms with E-state index in [1.54, 1.807) is 0 Å². The largest absolute Gasteiger partial charge is 0.324 e. The van der Waals surface area contributed by atoms with Crippen molar-refractivity contribution in [3.05, 3.63) is 30.3 Å². The molecule has 1 aliphatic carbocycles. The molecule has 0 N–H and O–H groups in total. The zero-order valence-corrected chi connectivity index (χ0v) is 11.5. The Hall–Kier alpha value is -1.10. The van der Waals surface area contributed by atoms with Crippen molar-refractivity contribution in [3.63, 3.8) is 0 Å². The predicted octanol–water partition coefficient (Wildman–Crippen LogP) is 3.46. The third kappa shape index (κ3) is 2.00. The molecule has 0 amide bonds. The Morgan fingerprint density at radius 2 is 1.94 bits per heavy atom. The van der Waals surface area contributed by atoms with Crippen LogP contribution < -0.4 is 5.30 Å². The van der Waals surface area contributed by atoms with E-state index in [0.29, 0.717) is 24.8 Å². The summed E-state index contributed by atoms with van der Waals surface area (Å²) in [6.07, 6.45) is 3.26. The Bertz CT molecular complexity index is 486. The van der Waals surface area contributed by atoms with Gasteiger partial charge in [-0.2, -0.15) is 5.26 Å². The molecule has 0 aromatic heterocycles. The molecule has 96 valence electrons. The van der Waals surface area contributed by atoms with Crippen LogP contribution in [0.25, 0.3) is 0 Å². The number of hydrogen-bond acceptors (Lipinski definition) is 3. The van der Waals surface area contributed by atoms with Crippen LogP contribution in [-0.2, 0) is 9.09 Å². The third-order valence-corrected chi connectivity index (χ3v) is 6.88. The molecule has 1 fully saturated rings. The van der Waals surface area contributed by atoms with E-state index in [9.17, 15) is 9.83 Å². The lowest BCUT2D eigenvalue weighted by Gasteiger charge is -2.31. The second-order valence-electron chi connectivity index (χ2n) is 4.66. The van der Waals surface area contributed by atoms with Crippen molar-refractivity contribution < 1.29 is 9.09 Å². The molecule has 0 saturated heterocycles. The van der Waals surface area contributed by atoms with Crippen LogP contribution in [0.2, 0.25) is 0 Å². The van der Waals surface area contributed by atoms with E-state index in [2.05, 4.69) is 6.07 Å². The summed E-state index contributed by atoms with van der Waals surface area (Å²) in [6, 6.07) is 11.5. The first-order valence-electron chi connectivity index (χ1n) is 6.40. The highest BCUT2D eigenvalue weighted by atomic mass is 31.2. The molecular formula is C14H18NO2P. The second kappa shape index (κ2) is 5.26. The molecule has 4 heteroatoms. The highest BCUT2D eigenvalue weighted by Gasteiger charge is 2.52. The van der Waals surface area contributed by atoms with Gasteiger partial charge in [0, 0.05) is 5.30 Å². The lowest BCUT2D eigenvalue weighted by atomic mass is 10.1. The maximum Gasteiger partial charge on any atom is 0.251 e. The average Bonchev–Trinajstić information content (AvgIpc) is 2.90. The molecule has 1 aliphatic rings. The molecular weight excluding hydrogens is 245 g/mol. The number of rotatable bonds is 4. The van der Waals surface area contributed by atoms with E-state index in [-0.39, 0.29) is 0 Å². The zero-order chi connectivity index (χ0) is 13.1. The van der Waals surface area contributed by atoms with E-state index >= 15 is 0 Å². The molecule has 0 heterocycles. The molecule has 1 atom stereocenters. The van der Waals surface area contributed by atoms with Crippen molar-refractivity contribution in [1.82, 2.24) is 0 Å². The molecule has 0 aliphatic heterocycles. The maximum absolute atomic E-state index is 13.3. The summed E-state index contributed by atoms with van der Waals surface area (Å²) in [7, 11) is -3.11. The third-order valence-electron chi connectivity index (χ3n) is 3.61. The molecule has 2 rings (SSSR count). The Labute approximate surface area is 108 Å². The Morgan fingerprint density at radius 1 is 1.33 bits per heavy atom. The Morgan fingerprint density at radius 3 is 2.44 bits per heavy atom. The van der Waals surface area contributed by atoms with Gasteiger partial charge in [-0.05, 0) is 31.9 Å². The highest BCUT2D eigenvalue weighted by Crippen LogP contribution is 2.63. The Balaban J connectivity index is 2.51. The molecule has 1 aromatic carbocycles. The van der Waals surface area contributed by atoms with Gasteiger partial charge in [-0.25, -0.2) is 0 Å². The van der Waals surface area contributed by atoms with Gasteiger partial charge < -0.3 is 4.52 Å². The van der Waals surface area contributed by atoms with Crippen molar-refractivity contribution in [3.8, 4) is 6.07 Å². The lowest BCUT2D eigenvalue weighted by molar-refractivity contribution is 0.325. The zero-order valence-electron chi connectivity index (χ0n) is 10.6. The van der Waals surface area contributed by atoms with Gasteiger partial charge in [0.1, 0.15) is 5.16 Å². The SMILES string of the molecule is CCO[P@@](=O)(c1ccccc1)C1(C#N)CCCC1. The van der Waals surface area contributed by atoms with Crippen molar-refractivity contribution in [2.24, 2.45) is 0 Å². The van der Waals surface area contributed by atoms with Crippen LogP contribution in [0.1, 0.15) is 32.6 Å². The standard InChI is InChI=1S/C14H18NO2P/c1-2-17-18(16,13-8-4-3-5-9-13)14(12-15)10-6-7-11-14/h3-5,8-9H,2,6-7,10-11H2,1H3/t18-/m0/s1. The maximum atomic E-state index is 13.3. The Kier molecular flexibility index (Phi) is 3.90. The van der Waals surface area contributed by atoms with Gasteiger partial charge in [0.2, 0.25) is 0 Å². The average molecular weight is 263 g/mol. The second-order valence-corrected chi connectivity index (χ2v) is 7.39. The fourth-order valence-corrected chi connectivity index (χ4v) is 5.54. The van der Waals surface area contributed by atoms with Gasteiger partial charge >= 0.3 is 0 Å². The monoisotopic (exact) mass is 263 g/mol. The first-order chi connectivity index (χ1) is 8.68. The van der Waals surface area contributed by atoms with Gasteiger partial charge in [0.05, 0.1) is 12.7 Å². The van der Waals surface area contributed by atoms with Crippen molar-refractivity contribution in [2.75, 3.05) is 6.61 Å². The fraction of sp³-hybridized carbons (Fsp3) is 0.500. The topological polar surface area (TPSA) is 50.1 Å². The summed E-state index contributed by atoms with van der Waals surface area (Å²) in [5, 5.41) is 9.40. The first-order valence-corrected chi connectivity index (χ1v) is 8.02. The quantitative estimate of drug-likeness (QED) is 0.781. The first kappa shape index (κ1) is 13.3. The van der Waals surface area contributed by atoms with Crippen molar-refractivity contribution in [1.29, 1.82) is 5.26 Å². The summed E-state index contributed by atoms with van der Waals surface area (Å²) in [4.78, 5) is 0. The number of benzene rings is 1. The van der Waals surface area contributed by atoms with Gasteiger partial charge in [-0.15, -0.1) is 0 Å².